The van der Waals surface area contributed by atoms with Crippen molar-refractivity contribution in [1.82, 2.24) is 0 Å². The summed E-state index contributed by atoms with van der Waals surface area (Å²) in [6.45, 7) is 0. The molecule has 0 radical (unpaired) electrons. The van der Waals surface area contributed by atoms with E-state index in [1.807, 2.05) is 42.5 Å². The Morgan fingerprint density at radius 1 is 1.07 bits per heavy atom. The minimum atomic E-state index is -0.578. The Bertz CT molecular complexity index is 1130. The molecule has 1 fully saturated rings. The predicted molar refractivity (Wildman–Crippen MR) is 119 cm³/mol. The molecule has 3 aromatic carbocycles. The van der Waals surface area contributed by atoms with Gasteiger partial charge in [-0.15, -0.1) is 11.8 Å². The molecule has 30 heavy (non-hydrogen) atoms. The van der Waals surface area contributed by atoms with Crippen LogP contribution in [0.5, 0.6) is 5.75 Å². The molecule has 1 heterocycles. The van der Waals surface area contributed by atoms with E-state index in [2.05, 4.69) is 5.32 Å². The van der Waals surface area contributed by atoms with Gasteiger partial charge in [0.05, 0.1) is 23.8 Å². The summed E-state index contributed by atoms with van der Waals surface area (Å²) in [5.74, 6) is -0.144. The van der Waals surface area contributed by atoms with Crippen LogP contribution in [0.15, 0.2) is 66.7 Å². The molecule has 1 aliphatic rings. The van der Waals surface area contributed by atoms with Crippen molar-refractivity contribution in [3.05, 3.63) is 66.7 Å². The van der Waals surface area contributed by atoms with Gasteiger partial charge >= 0.3 is 0 Å². The topological polar surface area (TPSA) is 75.7 Å². The number of thioether (sulfide) groups is 1. The van der Waals surface area contributed by atoms with Crippen LogP contribution in [-0.4, -0.2) is 35.8 Å². The number of anilines is 2. The van der Waals surface area contributed by atoms with Crippen molar-refractivity contribution >= 4 is 51.6 Å². The third-order valence-electron chi connectivity index (χ3n) is 4.87. The quantitative estimate of drug-likeness (QED) is 0.613. The summed E-state index contributed by atoms with van der Waals surface area (Å²) in [6, 6.07) is 20.4. The van der Waals surface area contributed by atoms with Gasteiger partial charge in [0.25, 0.3) is 0 Å². The van der Waals surface area contributed by atoms with Crippen LogP contribution in [0.25, 0.3) is 10.8 Å². The maximum atomic E-state index is 12.7. The number of nitrogens with zero attached hydrogens (tertiary/aromatic N) is 1. The van der Waals surface area contributed by atoms with Crippen LogP contribution in [-0.2, 0) is 14.4 Å². The fourth-order valence-electron chi connectivity index (χ4n) is 3.40. The lowest BCUT2D eigenvalue weighted by atomic mass is 10.1. The monoisotopic (exact) mass is 420 g/mol. The summed E-state index contributed by atoms with van der Waals surface area (Å²) in [4.78, 5) is 38.7. The number of methoxy groups -OCH3 is 1. The van der Waals surface area contributed by atoms with Crippen molar-refractivity contribution in [3.63, 3.8) is 0 Å². The summed E-state index contributed by atoms with van der Waals surface area (Å²) in [5, 5.41) is 4.41. The number of nitrogens with one attached hydrogen (secondary N) is 1. The van der Waals surface area contributed by atoms with Crippen molar-refractivity contribution in [2.45, 2.75) is 11.7 Å². The molecule has 1 N–H and O–H groups in total. The Labute approximate surface area is 178 Å². The van der Waals surface area contributed by atoms with Crippen molar-refractivity contribution in [3.8, 4) is 5.75 Å². The third kappa shape index (κ3) is 4.16. The first-order chi connectivity index (χ1) is 14.5. The summed E-state index contributed by atoms with van der Waals surface area (Å²) >= 11 is 1.18. The fourth-order valence-corrected chi connectivity index (χ4v) is 4.33. The van der Waals surface area contributed by atoms with E-state index in [0.717, 1.165) is 10.8 Å². The Kier molecular flexibility index (Phi) is 5.72. The molecule has 4 rings (SSSR count). The highest BCUT2D eigenvalue weighted by Crippen LogP contribution is 2.31. The summed E-state index contributed by atoms with van der Waals surface area (Å²) in [6.07, 6.45) is 0.0734. The molecule has 1 aliphatic heterocycles. The minimum Gasteiger partial charge on any atom is -0.497 e. The first-order valence-electron chi connectivity index (χ1n) is 9.46. The van der Waals surface area contributed by atoms with Crippen molar-refractivity contribution in [1.29, 1.82) is 0 Å². The van der Waals surface area contributed by atoms with E-state index in [1.54, 1.807) is 24.3 Å². The molecule has 6 nitrogen and oxygen atoms in total. The van der Waals surface area contributed by atoms with Gasteiger partial charge in [-0.2, -0.15) is 0 Å². The smallest absolute Gasteiger partial charge is 0.247 e. The first-order valence-corrected chi connectivity index (χ1v) is 10.5. The Morgan fingerprint density at radius 2 is 1.87 bits per heavy atom. The standard InChI is InChI=1S/C23H20N2O4S/c1-29-19-8-4-7-18(12-19)25-22(27)13-20(23(25)28)30-14-21(26)24-17-10-9-15-5-2-3-6-16(15)11-17/h2-12,20H,13-14H2,1H3,(H,24,26)/t20-/m0/s1. The summed E-state index contributed by atoms with van der Waals surface area (Å²) in [7, 11) is 1.53. The van der Waals surface area contributed by atoms with E-state index in [0.29, 0.717) is 17.1 Å². The third-order valence-corrected chi connectivity index (χ3v) is 6.07. The van der Waals surface area contributed by atoms with E-state index in [4.69, 9.17) is 4.74 Å². The highest BCUT2D eigenvalue weighted by Gasteiger charge is 2.40. The summed E-state index contributed by atoms with van der Waals surface area (Å²) < 4.78 is 5.17. The van der Waals surface area contributed by atoms with Crippen molar-refractivity contribution in [2.24, 2.45) is 0 Å². The van der Waals surface area contributed by atoms with Crippen LogP contribution in [0, 0.1) is 0 Å². The number of carbonyl (C=O) groups excluding carboxylic acids is 3. The maximum Gasteiger partial charge on any atom is 0.247 e. The summed E-state index contributed by atoms with van der Waals surface area (Å²) in [5.41, 5.74) is 1.18. The molecule has 3 aromatic rings. The lowest BCUT2D eigenvalue weighted by Crippen LogP contribution is -2.31. The van der Waals surface area contributed by atoms with Gasteiger partial charge in [0.15, 0.2) is 0 Å². The Balaban J connectivity index is 1.37. The largest absolute Gasteiger partial charge is 0.497 e. The van der Waals surface area contributed by atoms with E-state index in [-0.39, 0.29) is 29.9 Å². The van der Waals surface area contributed by atoms with Gasteiger partial charge in [0.1, 0.15) is 5.75 Å². The van der Waals surface area contributed by atoms with Gasteiger partial charge in [-0.1, -0.05) is 36.4 Å². The maximum absolute atomic E-state index is 12.7. The number of ether oxygens (including phenoxy) is 1. The van der Waals surface area contributed by atoms with E-state index in [1.165, 1.54) is 23.8 Å². The fraction of sp³-hybridized carbons (Fsp3) is 0.174. The molecular weight excluding hydrogens is 400 g/mol. The molecule has 152 valence electrons. The molecule has 0 aliphatic carbocycles. The van der Waals surface area contributed by atoms with E-state index in [9.17, 15) is 14.4 Å². The van der Waals surface area contributed by atoms with Gasteiger partial charge < -0.3 is 10.1 Å². The van der Waals surface area contributed by atoms with Gasteiger partial charge in [0, 0.05) is 18.2 Å². The highest BCUT2D eigenvalue weighted by molar-refractivity contribution is 8.01. The Morgan fingerprint density at radius 3 is 2.67 bits per heavy atom. The average molecular weight is 420 g/mol. The minimum absolute atomic E-state index is 0.0734. The number of carbonyl (C=O) groups is 3. The molecule has 7 heteroatoms. The second-order valence-electron chi connectivity index (χ2n) is 6.88. The number of rotatable bonds is 6. The Hall–Kier alpha value is -3.32. The molecule has 1 saturated heterocycles. The van der Waals surface area contributed by atoms with Crippen LogP contribution in [0.1, 0.15) is 6.42 Å². The lowest BCUT2D eigenvalue weighted by Gasteiger charge is -2.15. The molecule has 0 aromatic heterocycles. The van der Waals surface area contributed by atoms with Gasteiger partial charge in [-0.25, -0.2) is 4.90 Å². The SMILES string of the molecule is COc1cccc(N2C(=O)C[C@H](SCC(=O)Nc3ccc4ccccc4c3)C2=O)c1. The van der Waals surface area contributed by atoms with E-state index < -0.39 is 5.25 Å². The van der Waals surface area contributed by atoms with Gasteiger partial charge in [-0.3, -0.25) is 14.4 Å². The van der Waals surface area contributed by atoms with Crippen molar-refractivity contribution in [2.75, 3.05) is 23.1 Å². The molecule has 0 unspecified atom stereocenters. The zero-order chi connectivity index (χ0) is 21.1. The number of imide groups is 1. The lowest BCUT2D eigenvalue weighted by molar-refractivity contribution is -0.121. The highest BCUT2D eigenvalue weighted by atomic mass is 32.2. The predicted octanol–water partition coefficient (Wildman–Crippen LogP) is 3.85. The number of fused-ring (bicyclic) bond motifs is 1. The zero-order valence-corrected chi connectivity index (χ0v) is 17.1. The number of hydrogen-bond donors (Lipinski definition) is 1. The van der Waals surface area contributed by atoms with E-state index >= 15 is 0 Å². The van der Waals surface area contributed by atoms with Crippen LogP contribution in [0.2, 0.25) is 0 Å². The molecule has 3 amide bonds. The average Bonchev–Trinajstić information content (AvgIpc) is 3.05. The number of hydrogen-bond acceptors (Lipinski definition) is 5. The molecule has 1 atom stereocenters. The first kappa shape index (κ1) is 20.0. The molecule has 0 saturated carbocycles. The number of benzene rings is 3. The van der Waals surface area contributed by atoms with Crippen LogP contribution < -0.4 is 15.0 Å². The normalized spacial score (nSPS) is 16.2. The van der Waals surface area contributed by atoms with Crippen LogP contribution in [0.3, 0.4) is 0 Å². The number of amides is 3. The molecule has 0 bridgehead atoms. The second kappa shape index (κ2) is 8.59. The zero-order valence-electron chi connectivity index (χ0n) is 16.3. The van der Waals surface area contributed by atoms with Crippen LogP contribution in [0.4, 0.5) is 11.4 Å². The van der Waals surface area contributed by atoms with Gasteiger partial charge in [-0.05, 0) is 35.0 Å². The molecular formula is C23H20N2O4S. The molecule has 0 spiro atoms. The van der Waals surface area contributed by atoms with Gasteiger partial charge in [0.2, 0.25) is 17.7 Å². The van der Waals surface area contributed by atoms with Crippen LogP contribution >= 0.6 is 11.8 Å². The second-order valence-corrected chi connectivity index (χ2v) is 8.07. The van der Waals surface area contributed by atoms with Crippen molar-refractivity contribution < 1.29 is 19.1 Å².